The zero-order valence-electron chi connectivity index (χ0n) is 14.6. The van der Waals surface area contributed by atoms with E-state index in [1.165, 1.54) is 0 Å². The van der Waals surface area contributed by atoms with Gasteiger partial charge < -0.3 is 26.4 Å². The molecule has 0 spiro atoms. The van der Waals surface area contributed by atoms with Crippen LogP contribution in [0.25, 0.3) is 0 Å². The summed E-state index contributed by atoms with van der Waals surface area (Å²) in [5.41, 5.74) is 5.76. The van der Waals surface area contributed by atoms with E-state index in [2.05, 4.69) is 32.1 Å². The molecule has 3 rings (SSSR count). The van der Waals surface area contributed by atoms with Gasteiger partial charge in [0, 0.05) is 30.0 Å². The fourth-order valence-electron chi connectivity index (χ4n) is 2.96. The predicted molar refractivity (Wildman–Crippen MR) is 101 cm³/mol. The molecule has 1 aliphatic carbocycles. The molecule has 8 nitrogen and oxygen atoms in total. The molecule has 9 heteroatoms. The number of nitrogens with one attached hydrogen (secondary N) is 1. The number of nitrogens with zero attached hydrogens (tertiary/aromatic N) is 3. The fraction of sp³-hybridized carbons (Fsp3) is 0.389. The molecule has 1 saturated carbocycles. The number of aromatic nitrogens is 3. The molecule has 1 fully saturated rings. The lowest BCUT2D eigenvalue weighted by atomic mass is 10.0. The van der Waals surface area contributed by atoms with E-state index < -0.39 is 17.7 Å². The van der Waals surface area contributed by atoms with E-state index in [4.69, 9.17) is 17.3 Å². The second kappa shape index (κ2) is 7.66. The molecule has 0 aliphatic heterocycles. The average molecular weight is 390 g/mol. The van der Waals surface area contributed by atoms with E-state index >= 15 is 0 Å². The molecule has 0 bridgehead atoms. The number of anilines is 2. The van der Waals surface area contributed by atoms with Gasteiger partial charge in [-0.1, -0.05) is 23.4 Å². The summed E-state index contributed by atoms with van der Waals surface area (Å²) in [4.78, 5) is 12.1. The van der Waals surface area contributed by atoms with Crippen LogP contribution in [0.5, 0.6) is 0 Å². The van der Waals surface area contributed by atoms with Crippen molar-refractivity contribution >= 4 is 23.4 Å². The minimum absolute atomic E-state index is 0.0207. The molecule has 0 unspecified atom stereocenters. The van der Waals surface area contributed by atoms with Crippen molar-refractivity contribution < 1.29 is 15.3 Å². The average Bonchev–Trinajstić information content (AvgIpc) is 2.90. The Bertz CT molecular complexity index is 896. The van der Waals surface area contributed by atoms with Gasteiger partial charge in [0.05, 0.1) is 0 Å². The van der Waals surface area contributed by atoms with Crippen LogP contribution in [0, 0.1) is 24.7 Å². The van der Waals surface area contributed by atoms with Gasteiger partial charge in [-0.05, 0) is 31.9 Å². The van der Waals surface area contributed by atoms with Crippen molar-refractivity contribution in [1.29, 1.82) is 0 Å². The molecule has 2 aromatic heterocycles. The number of aliphatic hydroxyl groups is 3. The van der Waals surface area contributed by atoms with Crippen molar-refractivity contribution in [1.82, 2.24) is 15.0 Å². The number of rotatable bonds is 3. The third-order valence-corrected chi connectivity index (χ3v) is 4.80. The summed E-state index contributed by atoms with van der Waals surface area (Å²) in [6.07, 6.45) is 1.11. The van der Waals surface area contributed by atoms with E-state index in [0.29, 0.717) is 12.0 Å². The largest absolute Gasteiger partial charge is 0.396 e. The van der Waals surface area contributed by atoms with Gasteiger partial charge in [-0.3, -0.25) is 4.98 Å². The van der Waals surface area contributed by atoms with Gasteiger partial charge in [0.15, 0.2) is 16.7 Å². The standard InChI is InChI=1S/C18H20ClN5O3/c1-10-2-3-11(8-21-10)4-5-13-15(19)22-17(20)23-16(13)24-18(27)7-6-12(9-25)14(18)26/h2-3,8,12,14,25-27H,6-7,9H2,1H3,(H3,20,22,23,24)/t12-,14-,18+/m1/s1. The Hall–Kier alpha value is -2.44. The second-order valence-electron chi connectivity index (χ2n) is 6.51. The molecular formula is C18H20ClN5O3. The van der Waals surface area contributed by atoms with E-state index in [-0.39, 0.29) is 35.5 Å². The molecular weight excluding hydrogens is 370 g/mol. The third-order valence-electron chi connectivity index (χ3n) is 4.53. The summed E-state index contributed by atoms with van der Waals surface area (Å²) in [7, 11) is 0. The maximum absolute atomic E-state index is 10.8. The van der Waals surface area contributed by atoms with Gasteiger partial charge in [-0.2, -0.15) is 9.97 Å². The molecule has 142 valence electrons. The second-order valence-corrected chi connectivity index (χ2v) is 6.87. The minimum atomic E-state index is -1.68. The molecule has 1 aliphatic rings. The van der Waals surface area contributed by atoms with Gasteiger partial charge in [0.1, 0.15) is 11.7 Å². The molecule has 0 saturated heterocycles. The van der Waals surface area contributed by atoms with E-state index in [1.54, 1.807) is 6.20 Å². The smallest absolute Gasteiger partial charge is 0.223 e. The Morgan fingerprint density at radius 2 is 2.15 bits per heavy atom. The summed E-state index contributed by atoms with van der Waals surface area (Å²) in [6, 6.07) is 3.64. The summed E-state index contributed by atoms with van der Waals surface area (Å²) < 4.78 is 0. The lowest BCUT2D eigenvalue weighted by Gasteiger charge is -2.30. The van der Waals surface area contributed by atoms with Crippen LogP contribution < -0.4 is 11.1 Å². The first-order valence-electron chi connectivity index (χ1n) is 8.39. The van der Waals surface area contributed by atoms with E-state index in [0.717, 1.165) is 5.69 Å². The summed E-state index contributed by atoms with van der Waals surface area (Å²) in [6.45, 7) is 1.64. The SMILES string of the molecule is Cc1ccc(C#Cc2c(Cl)nc(N)nc2N[C@]2(O)CC[C@H](CO)[C@H]2O)cn1. The number of pyridine rings is 1. The van der Waals surface area contributed by atoms with E-state index in [9.17, 15) is 15.3 Å². The maximum atomic E-state index is 10.8. The highest BCUT2D eigenvalue weighted by molar-refractivity contribution is 6.31. The lowest BCUT2D eigenvalue weighted by molar-refractivity contribution is -0.0545. The van der Waals surface area contributed by atoms with Crippen molar-refractivity contribution in [2.45, 2.75) is 31.6 Å². The molecule has 0 aromatic carbocycles. The minimum Gasteiger partial charge on any atom is -0.396 e. The Morgan fingerprint density at radius 1 is 1.37 bits per heavy atom. The van der Waals surface area contributed by atoms with Crippen molar-refractivity contribution in [3.63, 3.8) is 0 Å². The van der Waals surface area contributed by atoms with Crippen LogP contribution in [0.4, 0.5) is 11.8 Å². The molecule has 0 amide bonds. The first-order valence-corrected chi connectivity index (χ1v) is 8.77. The van der Waals surface area contributed by atoms with Crippen LogP contribution in [-0.4, -0.2) is 48.7 Å². The summed E-state index contributed by atoms with van der Waals surface area (Å²) >= 11 is 6.18. The number of hydrogen-bond donors (Lipinski definition) is 5. The summed E-state index contributed by atoms with van der Waals surface area (Å²) in [5.74, 6) is 5.36. The molecule has 3 atom stereocenters. The van der Waals surface area contributed by atoms with Gasteiger partial charge in [-0.25, -0.2) is 0 Å². The Balaban J connectivity index is 1.95. The number of nitrogens with two attached hydrogens (primary N) is 1. The topological polar surface area (TPSA) is 137 Å². The maximum Gasteiger partial charge on any atom is 0.223 e. The summed E-state index contributed by atoms with van der Waals surface area (Å²) in [5, 5.41) is 33.2. The monoisotopic (exact) mass is 389 g/mol. The van der Waals surface area contributed by atoms with Crippen LogP contribution in [0.1, 0.15) is 29.7 Å². The highest BCUT2D eigenvalue weighted by Gasteiger charge is 2.47. The van der Waals surface area contributed by atoms with Crippen molar-refractivity contribution in [2.24, 2.45) is 5.92 Å². The van der Waals surface area contributed by atoms with Gasteiger partial charge >= 0.3 is 0 Å². The third kappa shape index (κ3) is 4.12. The molecule has 27 heavy (non-hydrogen) atoms. The molecule has 0 radical (unpaired) electrons. The van der Waals surface area contributed by atoms with Crippen molar-refractivity contribution in [3.05, 3.63) is 40.3 Å². The first-order chi connectivity index (χ1) is 12.8. The van der Waals surface area contributed by atoms with Gasteiger partial charge in [0.2, 0.25) is 5.95 Å². The van der Waals surface area contributed by atoms with Crippen LogP contribution in [-0.2, 0) is 0 Å². The Morgan fingerprint density at radius 3 is 2.78 bits per heavy atom. The predicted octanol–water partition coefficient (Wildman–Crippen LogP) is 0.679. The molecule has 2 aromatic rings. The zero-order chi connectivity index (χ0) is 19.6. The lowest BCUT2D eigenvalue weighted by Crippen LogP contribution is -2.48. The van der Waals surface area contributed by atoms with Crippen molar-refractivity contribution in [3.8, 4) is 11.8 Å². The number of hydrogen-bond acceptors (Lipinski definition) is 8. The van der Waals surface area contributed by atoms with Gasteiger partial charge in [0.25, 0.3) is 0 Å². The van der Waals surface area contributed by atoms with Crippen LogP contribution in [0.3, 0.4) is 0 Å². The Kier molecular flexibility index (Phi) is 5.48. The first kappa shape index (κ1) is 19.3. The van der Waals surface area contributed by atoms with Gasteiger partial charge in [-0.15, -0.1) is 0 Å². The fourth-order valence-corrected chi connectivity index (χ4v) is 3.18. The quantitative estimate of drug-likeness (QED) is 0.293. The zero-order valence-corrected chi connectivity index (χ0v) is 15.4. The Labute approximate surface area is 161 Å². The van der Waals surface area contributed by atoms with Crippen molar-refractivity contribution in [2.75, 3.05) is 17.7 Å². The molecule has 2 heterocycles. The number of nitrogen functional groups attached to an aromatic ring is 1. The van der Waals surface area contributed by atoms with E-state index in [1.807, 2.05) is 19.1 Å². The highest BCUT2D eigenvalue weighted by atomic mass is 35.5. The van der Waals surface area contributed by atoms with Crippen LogP contribution >= 0.6 is 11.6 Å². The number of aliphatic hydroxyl groups excluding tert-OH is 2. The molecule has 6 N–H and O–H groups in total. The van der Waals surface area contributed by atoms with Crippen LogP contribution in [0.15, 0.2) is 18.3 Å². The number of aryl methyl sites for hydroxylation is 1. The van der Waals surface area contributed by atoms with Crippen LogP contribution in [0.2, 0.25) is 5.15 Å². The normalized spacial score (nSPS) is 24.3. The highest BCUT2D eigenvalue weighted by Crippen LogP contribution is 2.36. The number of halogens is 1.